The second kappa shape index (κ2) is 12.0. The van der Waals surface area contributed by atoms with E-state index in [1.807, 2.05) is 6.07 Å². The normalized spacial score (nSPS) is 15.2. The van der Waals surface area contributed by atoms with Crippen LogP contribution in [0.3, 0.4) is 0 Å². The monoisotopic (exact) mass is 529 g/mol. The Kier molecular flexibility index (Phi) is 8.50. The molecule has 1 amide bonds. The van der Waals surface area contributed by atoms with Gasteiger partial charge in [-0.1, -0.05) is 17.7 Å². The van der Waals surface area contributed by atoms with E-state index >= 15 is 0 Å². The average molecular weight is 530 g/mol. The molecule has 9 nitrogen and oxygen atoms in total. The third-order valence-corrected chi connectivity index (χ3v) is 6.38. The van der Waals surface area contributed by atoms with Crippen LogP contribution in [0.15, 0.2) is 42.6 Å². The van der Waals surface area contributed by atoms with E-state index in [0.717, 1.165) is 19.4 Å². The van der Waals surface area contributed by atoms with Crippen molar-refractivity contribution in [3.8, 4) is 17.2 Å². The molecule has 2 aromatic carbocycles. The SMILES string of the molecule is COc1cc(Nc2nccc(N3CCC[C@H](C(=O)NCc4ccc(Cl)cc4F)C3)n2)cc(OC)c1OC. The maximum atomic E-state index is 14.1. The Morgan fingerprint density at radius 2 is 1.89 bits per heavy atom. The zero-order valence-electron chi connectivity index (χ0n) is 20.9. The van der Waals surface area contributed by atoms with Crippen molar-refractivity contribution in [2.24, 2.45) is 5.92 Å². The molecule has 1 fully saturated rings. The predicted octanol–water partition coefficient (Wildman–Crippen LogP) is 4.57. The summed E-state index contributed by atoms with van der Waals surface area (Å²) in [6, 6.07) is 9.76. The van der Waals surface area contributed by atoms with E-state index in [-0.39, 0.29) is 18.4 Å². The summed E-state index contributed by atoms with van der Waals surface area (Å²) >= 11 is 5.81. The molecule has 2 N–H and O–H groups in total. The quantitative estimate of drug-likeness (QED) is 0.416. The van der Waals surface area contributed by atoms with E-state index in [4.69, 9.17) is 25.8 Å². The number of piperidine rings is 1. The summed E-state index contributed by atoms with van der Waals surface area (Å²) in [6.45, 7) is 1.36. The Morgan fingerprint density at radius 1 is 1.14 bits per heavy atom. The van der Waals surface area contributed by atoms with Crippen LogP contribution < -0.4 is 29.7 Å². The molecule has 4 rings (SSSR count). The van der Waals surface area contributed by atoms with Crippen molar-refractivity contribution in [2.45, 2.75) is 19.4 Å². The van der Waals surface area contributed by atoms with Gasteiger partial charge in [-0.05, 0) is 31.0 Å². The van der Waals surface area contributed by atoms with E-state index in [0.29, 0.717) is 51.8 Å². The van der Waals surface area contributed by atoms with Crippen LogP contribution in [0.4, 0.5) is 21.8 Å². The first-order valence-electron chi connectivity index (χ1n) is 11.8. The van der Waals surface area contributed by atoms with Gasteiger partial charge in [0.2, 0.25) is 17.6 Å². The Balaban J connectivity index is 1.43. The number of ether oxygens (including phenoxy) is 3. The van der Waals surface area contributed by atoms with E-state index in [1.54, 1.807) is 51.8 Å². The molecule has 1 atom stereocenters. The van der Waals surface area contributed by atoms with Crippen LogP contribution in [0.25, 0.3) is 0 Å². The van der Waals surface area contributed by atoms with Gasteiger partial charge >= 0.3 is 0 Å². The molecule has 0 aliphatic carbocycles. The Labute approximate surface area is 219 Å². The number of carbonyl (C=O) groups is 1. The topological polar surface area (TPSA) is 97.8 Å². The highest BCUT2D eigenvalue weighted by atomic mass is 35.5. The molecule has 0 saturated carbocycles. The Morgan fingerprint density at radius 3 is 2.57 bits per heavy atom. The first-order valence-corrected chi connectivity index (χ1v) is 12.2. The van der Waals surface area contributed by atoms with Crippen LogP contribution in [-0.2, 0) is 11.3 Å². The molecular weight excluding hydrogens is 501 g/mol. The number of aromatic nitrogens is 2. The summed E-state index contributed by atoms with van der Waals surface area (Å²) in [5.41, 5.74) is 1.06. The largest absolute Gasteiger partial charge is 0.493 e. The van der Waals surface area contributed by atoms with Crippen LogP contribution in [0.2, 0.25) is 5.02 Å². The lowest BCUT2D eigenvalue weighted by molar-refractivity contribution is -0.125. The van der Waals surface area contributed by atoms with Crippen molar-refractivity contribution in [2.75, 3.05) is 44.6 Å². The fourth-order valence-corrected chi connectivity index (χ4v) is 4.42. The number of nitrogens with zero attached hydrogens (tertiary/aromatic N) is 3. The van der Waals surface area contributed by atoms with E-state index in [9.17, 15) is 9.18 Å². The molecule has 0 bridgehead atoms. The predicted molar refractivity (Wildman–Crippen MR) is 140 cm³/mol. The van der Waals surface area contributed by atoms with Gasteiger partial charge in [-0.3, -0.25) is 4.79 Å². The number of anilines is 3. The molecule has 11 heteroatoms. The highest BCUT2D eigenvalue weighted by Gasteiger charge is 2.27. The summed E-state index contributed by atoms with van der Waals surface area (Å²) in [6.07, 6.45) is 3.23. The lowest BCUT2D eigenvalue weighted by Gasteiger charge is -2.33. The molecule has 1 aromatic heterocycles. The van der Waals surface area contributed by atoms with Crippen LogP contribution in [0.5, 0.6) is 17.2 Å². The van der Waals surface area contributed by atoms with Gasteiger partial charge in [0.15, 0.2) is 11.5 Å². The maximum absolute atomic E-state index is 14.1. The second-order valence-corrected chi connectivity index (χ2v) is 8.95. The highest BCUT2D eigenvalue weighted by Crippen LogP contribution is 2.40. The zero-order valence-corrected chi connectivity index (χ0v) is 21.6. The van der Waals surface area contributed by atoms with Gasteiger partial charge in [0, 0.05) is 54.2 Å². The maximum Gasteiger partial charge on any atom is 0.229 e. The van der Waals surface area contributed by atoms with Gasteiger partial charge in [-0.25, -0.2) is 9.37 Å². The Bertz CT molecular complexity index is 1240. The molecule has 0 spiro atoms. The zero-order chi connectivity index (χ0) is 26.4. The molecule has 0 unspecified atom stereocenters. The lowest BCUT2D eigenvalue weighted by Crippen LogP contribution is -2.43. The fourth-order valence-electron chi connectivity index (χ4n) is 4.26. The number of nitrogens with one attached hydrogen (secondary N) is 2. The standard InChI is InChI=1S/C26H29ClFN5O4/c1-35-21-12-19(13-22(36-2)24(21)37-3)31-26-29-9-8-23(32-26)33-10-4-5-17(15-33)25(34)30-14-16-6-7-18(27)11-20(16)28/h6-9,11-13,17H,4-5,10,14-15H2,1-3H3,(H,30,34)(H,29,31,32)/t17-/m0/s1. The summed E-state index contributed by atoms with van der Waals surface area (Å²) in [7, 11) is 4.64. The van der Waals surface area contributed by atoms with Crippen molar-refractivity contribution in [1.82, 2.24) is 15.3 Å². The summed E-state index contributed by atoms with van der Waals surface area (Å²) in [5, 5.41) is 6.34. The third kappa shape index (κ3) is 6.32. The van der Waals surface area contributed by atoms with Crippen molar-refractivity contribution < 1.29 is 23.4 Å². The molecular formula is C26H29ClFN5O4. The molecule has 3 aromatic rings. The number of methoxy groups -OCH3 is 3. The minimum Gasteiger partial charge on any atom is -0.493 e. The lowest BCUT2D eigenvalue weighted by atomic mass is 9.97. The number of hydrogen-bond acceptors (Lipinski definition) is 8. The minimum atomic E-state index is -0.439. The van der Waals surface area contributed by atoms with Gasteiger partial charge in [-0.2, -0.15) is 4.98 Å². The molecule has 2 heterocycles. The van der Waals surface area contributed by atoms with E-state index in [2.05, 4.69) is 25.5 Å². The molecule has 1 aliphatic rings. The van der Waals surface area contributed by atoms with Gasteiger partial charge in [-0.15, -0.1) is 0 Å². The van der Waals surface area contributed by atoms with Gasteiger partial charge in [0.1, 0.15) is 11.6 Å². The Hall–Kier alpha value is -3.79. The molecule has 0 radical (unpaired) electrons. The average Bonchev–Trinajstić information content (AvgIpc) is 2.92. The summed E-state index contributed by atoms with van der Waals surface area (Å²) < 4.78 is 30.3. The van der Waals surface area contributed by atoms with Crippen molar-refractivity contribution >= 4 is 35.0 Å². The van der Waals surface area contributed by atoms with Gasteiger partial charge in [0.25, 0.3) is 0 Å². The smallest absolute Gasteiger partial charge is 0.229 e. The number of halogens is 2. The number of carbonyl (C=O) groups excluding carboxylic acids is 1. The number of benzene rings is 2. The summed E-state index contributed by atoms with van der Waals surface area (Å²) in [4.78, 5) is 23.9. The van der Waals surface area contributed by atoms with Gasteiger partial charge < -0.3 is 29.7 Å². The van der Waals surface area contributed by atoms with Crippen LogP contribution in [-0.4, -0.2) is 50.3 Å². The number of amides is 1. The van der Waals surface area contributed by atoms with Crippen LogP contribution >= 0.6 is 11.6 Å². The number of hydrogen-bond donors (Lipinski definition) is 2. The molecule has 37 heavy (non-hydrogen) atoms. The van der Waals surface area contributed by atoms with Crippen molar-refractivity contribution in [1.29, 1.82) is 0 Å². The number of rotatable bonds is 9. The third-order valence-electron chi connectivity index (χ3n) is 6.15. The first kappa shape index (κ1) is 26.3. The fraction of sp³-hybridized carbons (Fsp3) is 0.346. The molecule has 1 saturated heterocycles. The highest BCUT2D eigenvalue weighted by molar-refractivity contribution is 6.30. The van der Waals surface area contributed by atoms with Crippen LogP contribution in [0, 0.1) is 11.7 Å². The van der Waals surface area contributed by atoms with Crippen molar-refractivity contribution in [3.05, 3.63) is 59.0 Å². The summed E-state index contributed by atoms with van der Waals surface area (Å²) in [5.74, 6) is 1.78. The second-order valence-electron chi connectivity index (χ2n) is 8.52. The van der Waals surface area contributed by atoms with E-state index in [1.165, 1.54) is 6.07 Å². The molecule has 1 aliphatic heterocycles. The minimum absolute atomic E-state index is 0.106. The van der Waals surface area contributed by atoms with Crippen molar-refractivity contribution in [3.63, 3.8) is 0 Å². The first-order chi connectivity index (χ1) is 17.9. The van der Waals surface area contributed by atoms with Crippen LogP contribution in [0.1, 0.15) is 18.4 Å². The van der Waals surface area contributed by atoms with Gasteiger partial charge in [0.05, 0.1) is 27.2 Å². The molecule has 196 valence electrons. The van der Waals surface area contributed by atoms with E-state index < -0.39 is 5.82 Å².